The third-order valence-corrected chi connectivity index (χ3v) is 3.36. The van der Waals surface area contributed by atoms with Crippen LogP contribution in [0, 0.1) is 0 Å². The van der Waals surface area contributed by atoms with E-state index in [0.29, 0.717) is 29.3 Å². The number of hydrogen-bond donors (Lipinski definition) is 3. The van der Waals surface area contributed by atoms with E-state index in [1.54, 1.807) is 27.7 Å². The molecule has 0 fully saturated rings. The summed E-state index contributed by atoms with van der Waals surface area (Å²) in [6, 6.07) is 0. The Bertz CT molecular complexity index is 854. The van der Waals surface area contributed by atoms with E-state index in [1.165, 1.54) is 0 Å². The zero-order valence-corrected chi connectivity index (χ0v) is 12.1. The van der Waals surface area contributed by atoms with Crippen molar-refractivity contribution < 1.29 is 23.6 Å². The van der Waals surface area contributed by atoms with Crippen molar-refractivity contribution in [2.45, 2.75) is 6.54 Å². The predicted molar refractivity (Wildman–Crippen MR) is 74.6 cm³/mol. The fourth-order valence-corrected chi connectivity index (χ4v) is 2.15. The lowest BCUT2D eigenvalue weighted by atomic mass is 10.5. The van der Waals surface area contributed by atoms with Crippen LogP contribution in [0.3, 0.4) is 0 Å². The van der Waals surface area contributed by atoms with Gasteiger partial charge in [0.1, 0.15) is 11.3 Å². The highest BCUT2D eigenvalue weighted by atomic mass is 31.2. The van der Waals surface area contributed by atoms with Gasteiger partial charge in [-0.3, -0.25) is 8.92 Å². The van der Waals surface area contributed by atoms with Gasteiger partial charge in [-0.2, -0.15) is 4.98 Å². The largest absolute Gasteiger partial charge is 0.471 e. The van der Waals surface area contributed by atoms with Crippen molar-refractivity contribution in [3.8, 4) is 0 Å². The first-order valence-electron chi connectivity index (χ1n) is 6.17. The second-order valence-electron chi connectivity index (χ2n) is 4.35. The van der Waals surface area contributed by atoms with Gasteiger partial charge in [0.25, 0.3) is 0 Å². The summed E-state index contributed by atoms with van der Waals surface area (Å²) in [5, 5.41) is 0. The summed E-state index contributed by atoms with van der Waals surface area (Å²) < 4.78 is 23.0. The molecule has 0 saturated heterocycles. The van der Waals surface area contributed by atoms with Crippen molar-refractivity contribution in [1.29, 1.82) is 0 Å². The van der Waals surface area contributed by atoms with E-state index in [-0.39, 0.29) is 6.61 Å². The number of phosphoric acid groups is 1. The van der Waals surface area contributed by atoms with Crippen LogP contribution in [0.15, 0.2) is 18.7 Å². The molecule has 0 spiro atoms. The number of anilines is 1. The summed E-state index contributed by atoms with van der Waals surface area (Å²) in [6.45, 7) is 0.0218. The Labute approximate surface area is 123 Å². The Hall–Kier alpha value is -2.04. The molecule has 0 atom stereocenters. The third kappa shape index (κ3) is 2.93. The number of hydrogen-bond acceptors (Lipinski definition) is 7. The third-order valence-electron chi connectivity index (χ3n) is 2.92. The maximum Gasteiger partial charge on any atom is 0.471 e. The number of nitrogens with two attached hydrogens (primary N) is 1. The van der Waals surface area contributed by atoms with E-state index in [4.69, 9.17) is 20.3 Å². The SMILES string of the molecule is Nc1c2ncn(CCOCOP(=O)(O)O)c2nc2nccn12. The van der Waals surface area contributed by atoms with Crippen molar-refractivity contribution in [1.82, 2.24) is 23.9 Å². The van der Waals surface area contributed by atoms with Gasteiger partial charge in [-0.1, -0.05) is 0 Å². The van der Waals surface area contributed by atoms with Crippen LogP contribution in [0.2, 0.25) is 0 Å². The second kappa shape index (κ2) is 5.63. The molecule has 0 aliphatic heterocycles. The van der Waals surface area contributed by atoms with Crippen molar-refractivity contribution >= 4 is 30.6 Å². The predicted octanol–water partition coefficient (Wildman–Crippen LogP) is -0.255. The lowest BCUT2D eigenvalue weighted by molar-refractivity contribution is -0.00445. The highest BCUT2D eigenvalue weighted by Crippen LogP contribution is 2.35. The highest BCUT2D eigenvalue weighted by Gasteiger charge is 2.14. The molecule has 4 N–H and O–H groups in total. The smallest absolute Gasteiger partial charge is 0.383 e. The molecule has 0 aromatic carbocycles. The first kappa shape index (κ1) is 14.9. The van der Waals surface area contributed by atoms with Gasteiger partial charge < -0.3 is 24.8 Å². The molecule has 0 aliphatic carbocycles. The molecule has 0 radical (unpaired) electrons. The van der Waals surface area contributed by atoms with E-state index in [9.17, 15) is 4.57 Å². The number of rotatable bonds is 6. The van der Waals surface area contributed by atoms with E-state index < -0.39 is 14.6 Å². The average Bonchev–Trinajstić information content (AvgIpc) is 3.05. The molecule has 3 aromatic rings. The fraction of sp³-hybridized carbons (Fsp3) is 0.300. The van der Waals surface area contributed by atoms with Gasteiger partial charge in [0, 0.05) is 18.9 Å². The second-order valence-corrected chi connectivity index (χ2v) is 5.59. The van der Waals surface area contributed by atoms with Crippen molar-refractivity contribution in [2.24, 2.45) is 0 Å². The summed E-state index contributed by atoms with van der Waals surface area (Å²) >= 11 is 0. The minimum absolute atomic E-state index is 0.159. The molecule has 0 saturated carbocycles. The molecule has 22 heavy (non-hydrogen) atoms. The molecule has 0 aliphatic rings. The monoisotopic (exact) mass is 328 g/mol. The normalized spacial score (nSPS) is 12.5. The van der Waals surface area contributed by atoms with E-state index in [1.807, 2.05) is 0 Å². The summed E-state index contributed by atoms with van der Waals surface area (Å²) in [5.74, 6) is 0.888. The van der Waals surface area contributed by atoms with E-state index >= 15 is 0 Å². The number of ether oxygens (including phenoxy) is 1. The minimum Gasteiger partial charge on any atom is -0.383 e. The van der Waals surface area contributed by atoms with Crippen molar-refractivity contribution in [2.75, 3.05) is 19.1 Å². The Morgan fingerprint density at radius 2 is 2.18 bits per heavy atom. The molecule has 11 nitrogen and oxygen atoms in total. The van der Waals surface area contributed by atoms with Gasteiger partial charge in [0.15, 0.2) is 12.4 Å². The Morgan fingerprint density at radius 1 is 1.36 bits per heavy atom. The van der Waals surface area contributed by atoms with Crippen LogP contribution in [-0.2, 0) is 20.4 Å². The first-order valence-corrected chi connectivity index (χ1v) is 7.70. The topological polar surface area (TPSA) is 150 Å². The fourth-order valence-electron chi connectivity index (χ4n) is 1.94. The van der Waals surface area contributed by atoms with Crippen molar-refractivity contribution in [3.05, 3.63) is 18.7 Å². The number of aromatic nitrogens is 5. The number of imidazole rings is 2. The Balaban J connectivity index is 1.72. The van der Waals surface area contributed by atoms with Crippen LogP contribution in [0.1, 0.15) is 0 Å². The van der Waals surface area contributed by atoms with Crippen LogP contribution in [0.5, 0.6) is 0 Å². The number of nitrogen functional groups attached to an aromatic ring is 1. The van der Waals surface area contributed by atoms with Crippen molar-refractivity contribution in [3.63, 3.8) is 0 Å². The molecule has 0 bridgehead atoms. The summed E-state index contributed by atoms with van der Waals surface area (Å²) in [6.07, 6.45) is 4.84. The number of phosphoric ester groups is 1. The Kier molecular flexibility index (Phi) is 3.81. The maximum absolute atomic E-state index is 10.5. The van der Waals surface area contributed by atoms with E-state index in [0.717, 1.165) is 0 Å². The highest BCUT2D eigenvalue weighted by molar-refractivity contribution is 7.46. The van der Waals surface area contributed by atoms with Crippen LogP contribution in [0.4, 0.5) is 5.82 Å². The maximum atomic E-state index is 10.5. The van der Waals surface area contributed by atoms with Gasteiger partial charge in [0.2, 0.25) is 5.78 Å². The quantitative estimate of drug-likeness (QED) is 0.316. The first-order chi connectivity index (χ1) is 10.5. The van der Waals surface area contributed by atoms with Gasteiger partial charge in [-0.15, -0.1) is 0 Å². The molecular weight excluding hydrogens is 315 g/mol. The van der Waals surface area contributed by atoms with Gasteiger partial charge in [-0.05, 0) is 0 Å². The molecule has 0 amide bonds. The number of fused-ring (bicyclic) bond motifs is 2. The van der Waals surface area contributed by atoms with Crippen LogP contribution < -0.4 is 5.73 Å². The zero-order valence-electron chi connectivity index (χ0n) is 11.2. The van der Waals surface area contributed by atoms with Crippen LogP contribution in [0.25, 0.3) is 16.9 Å². The van der Waals surface area contributed by atoms with Crippen LogP contribution >= 0.6 is 7.82 Å². The van der Waals surface area contributed by atoms with Gasteiger partial charge >= 0.3 is 7.82 Å². The summed E-state index contributed by atoms with van der Waals surface area (Å²) in [4.78, 5) is 29.7. The molecule has 0 unspecified atom stereocenters. The number of nitrogens with zero attached hydrogens (tertiary/aromatic N) is 5. The molecule has 3 aromatic heterocycles. The van der Waals surface area contributed by atoms with Crippen LogP contribution in [-0.4, -0.2) is 47.1 Å². The standard InChI is InChI=1S/C10H13N6O5P/c11-8-7-9(14-10-12-1-2-16(8)10)15(5-13-7)3-4-20-6-21-22(17,18)19/h1-2,5H,3-4,6,11H2,(H2,17,18,19). The summed E-state index contributed by atoms with van der Waals surface area (Å²) in [7, 11) is -4.52. The lowest BCUT2D eigenvalue weighted by Gasteiger charge is -2.07. The molecule has 3 heterocycles. The lowest BCUT2D eigenvalue weighted by Crippen LogP contribution is -2.08. The van der Waals surface area contributed by atoms with Gasteiger partial charge in [0.05, 0.1) is 12.9 Å². The van der Waals surface area contributed by atoms with E-state index in [2.05, 4.69) is 19.5 Å². The average molecular weight is 328 g/mol. The Morgan fingerprint density at radius 3 is 2.95 bits per heavy atom. The van der Waals surface area contributed by atoms with Gasteiger partial charge in [-0.25, -0.2) is 14.5 Å². The minimum atomic E-state index is -4.52. The molecule has 12 heteroatoms. The molecule has 3 rings (SSSR count). The summed E-state index contributed by atoms with van der Waals surface area (Å²) in [5.41, 5.74) is 7.10. The molecular formula is C10H13N6O5P. The molecule has 118 valence electrons. The zero-order chi connectivity index (χ0) is 15.7.